The van der Waals surface area contributed by atoms with Crippen LogP contribution in [0.2, 0.25) is 0 Å². The van der Waals surface area contributed by atoms with Crippen molar-refractivity contribution in [3.63, 3.8) is 0 Å². The van der Waals surface area contributed by atoms with Crippen LogP contribution in [-0.2, 0) is 23.8 Å². The first-order chi connectivity index (χ1) is 7.06. The molecule has 0 aromatic heterocycles. The second-order valence-electron chi connectivity index (χ2n) is 2.50. The van der Waals surface area contributed by atoms with E-state index in [4.69, 9.17) is 0 Å². The zero-order chi connectivity index (χ0) is 11.3. The third kappa shape index (κ3) is 3.34. The summed E-state index contributed by atoms with van der Waals surface area (Å²) in [4.78, 5) is 10.6. The molecule has 0 amide bonds. The molecule has 0 bridgehead atoms. The summed E-state index contributed by atoms with van der Waals surface area (Å²) < 4.78 is 31.3. The number of carbonyl (C=O) groups excluding carboxylic acids is 1. The van der Waals surface area contributed by atoms with Gasteiger partial charge in [0.05, 0.1) is 12.0 Å². The van der Waals surface area contributed by atoms with Crippen molar-refractivity contribution in [1.29, 1.82) is 0 Å². The number of carbonyl (C=O) groups is 1. The molecule has 0 aliphatic heterocycles. The minimum atomic E-state index is -3.92. The molecule has 1 rings (SSSR count). The molecule has 5 nitrogen and oxygen atoms in total. The summed E-state index contributed by atoms with van der Waals surface area (Å²) in [5, 5.41) is 0. The molecule has 0 saturated heterocycles. The minimum absolute atomic E-state index is 0.0230. The van der Waals surface area contributed by atoms with Gasteiger partial charge in [-0.25, -0.2) is 8.98 Å². The van der Waals surface area contributed by atoms with Crippen molar-refractivity contribution in [1.82, 2.24) is 0 Å². The van der Waals surface area contributed by atoms with Crippen LogP contribution < -0.4 is 0 Å². The monoisotopic (exact) mass is 229 g/mol. The van der Waals surface area contributed by atoms with E-state index in [1.54, 1.807) is 18.2 Å². The molecule has 6 heteroatoms. The summed E-state index contributed by atoms with van der Waals surface area (Å²) in [7, 11) is -2.80. The molecule has 0 aliphatic rings. The Labute approximate surface area is 87.7 Å². The van der Waals surface area contributed by atoms with E-state index >= 15 is 0 Å². The molecule has 0 aliphatic carbocycles. The average Bonchev–Trinajstić information content (AvgIpc) is 2.27. The van der Waals surface area contributed by atoms with Crippen molar-refractivity contribution >= 4 is 16.1 Å². The maximum Gasteiger partial charge on any atom is 0.340 e. The molecule has 1 radical (unpaired) electrons. The molecule has 0 atom stereocenters. The average molecular weight is 229 g/mol. The fourth-order valence-corrected chi connectivity index (χ4v) is 1.60. The lowest BCUT2D eigenvalue weighted by Gasteiger charge is -2.02. The summed E-state index contributed by atoms with van der Waals surface area (Å²) in [5.41, 5.74) is 0. The highest BCUT2D eigenvalue weighted by Crippen LogP contribution is 2.12. The van der Waals surface area contributed by atoms with Crippen LogP contribution in [0, 0.1) is 6.61 Å². The molecule has 15 heavy (non-hydrogen) atoms. The molecule has 1 aromatic rings. The first-order valence-corrected chi connectivity index (χ1v) is 5.36. The number of ether oxygens (including phenoxy) is 1. The molecule has 81 valence electrons. The quantitative estimate of drug-likeness (QED) is 0.562. The second kappa shape index (κ2) is 4.90. The zero-order valence-electron chi connectivity index (χ0n) is 7.91. The number of methoxy groups -OCH3 is 1. The number of hydrogen-bond acceptors (Lipinski definition) is 5. The summed E-state index contributed by atoms with van der Waals surface area (Å²) >= 11 is 0. The van der Waals surface area contributed by atoms with Gasteiger partial charge in [0.15, 0.2) is 0 Å². The second-order valence-corrected chi connectivity index (χ2v) is 4.08. The van der Waals surface area contributed by atoms with Crippen LogP contribution >= 0.6 is 0 Å². The normalized spacial score (nSPS) is 11.0. The van der Waals surface area contributed by atoms with Gasteiger partial charge in [-0.15, -0.1) is 0 Å². The third-order valence-electron chi connectivity index (χ3n) is 1.50. The summed E-state index contributed by atoms with van der Waals surface area (Å²) in [6.45, 7) is 0.502. The van der Waals surface area contributed by atoms with Gasteiger partial charge < -0.3 is 4.74 Å². The van der Waals surface area contributed by atoms with Gasteiger partial charge >= 0.3 is 5.97 Å². The van der Waals surface area contributed by atoms with Crippen LogP contribution in [0.5, 0.6) is 0 Å². The Bertz CT molecular complexity index is 423. The lowest BCUT2D eigenvalue weighted by Crippen LogP contribution is -2.10. The van der Waals surface area contributed by atoms with Crippen molar-refractivity contribution in [2.45, 2.75) is 4.90 Å². The SMILES string of the molecule is COC(=O)[CH]OS(=O)(=O)c1ccccc1. The highest BCUT2D eigenvalue weighted by molar-refractivity contribution is 7.86. The molecule has 1 aromatic carbocycles. The molecule has 0 saturated carbocycles. The Balaban J connectivity index is 2.73. The number of benzene rings is 1. The van der Waals surface area contributed by atoms with Gasteiger partial charge in [-0.05, 0) is 12.1 Å². The van der Waals surface area contributed by atoms with Crippen LogP contribution in [-0.4, -0.2) is 21.5 Å². The maximum absolute atomic E-state index is 11.4. The van der Waals surface area contributed by atoms with Crippen LogP contribution in [0.4, 0.5) is 0 Å². The van der Waals surface area contributed by atoms with Gasteiger partial charge in [0.25, 0.3) is 10.1 Å². The maximum atomic E-state index is 11.4. The lowest BCUT2D eigenvalue weighted by molar-refractivity contribution is -0.139. The van der Waals surface area contributed by atoms with E-state index in [2.05, 4.69) is 8.92 Å². The number of rotatable bonds is 4. The molecular formula is C9H9O5S. The summed E-state index contributed by atoms with van der Waals surface area (Å²) in [6.07, 6.45) is 0. The summed E-state index contributed by atoms with van der Waals surface area (Å²) in [6, 6.07) is 7.49. The van der Waals surface area contributed by atoms with Crippen molar-refractivity contribution in [3.8, 4) is 0 Å². The Morgan fingerprint density at radius 2 is 1.87 bits per heavy atom. The van der Waals surface area contributed by atoms with Crippen LogP contribution in [0.3, 0.4) is 0 Å². The van der Waals surface area contributed by atoms with Crippen LogP contribution in [0.15, 0.2) is 35.2 Å². The zero-order valence-corrected chi connectivity index (χ0v) is 8.73. The molecule has 0 N–H and O–H groups in total. The first-order valence-electron chi connectivity index (χ1n) is 3.96. The first kappa shape index (κ1) is 11.7. The minimum Gasteiger partial charge on any atom is -0.467 e. The van der Waals surface area contributed by atoms with Crippen molar-refractivity contribution in [2.24, 2.45) is 0 Å². The van der Waals surface area contributed by atoms with Gasteiger partial charge in [0, 0.05) is 0 Å². The van der Waals surface area contributed by atoms with Gasteiger partial charge in [-0.1, -0.05) is 18.2 Å². The van der Waals surface area contributed by atoms with Gasteiger partial charge in [-0.2, -0.15) is 8.42 Å². The number of hydrogen-bond donors (Lipinski definition) is 0. The van der Waals surface area contributed by atoms with E-state index in [-0.39, 0.29) is 4.90 Å². The summed E-state index contributed by atoms with van der Waals surface area (Å²) in [5.74, 6) is -0.866. The van der Waals surface area contributed by atoms with Crippen molar-refractivity contribution in [2.75, 3.05) is 7.11 Å². The Kier molecular flexibility index (Phi) is 3.81. The van der Waals surface area contributed by atoms with Gasteiger partial charge in [0.1, 0.15) is 0 Å². The fourth-order valence-electron chi connectivity index (χ4n) is 0.793. The van der Waals surface area contributed by atoms with E-state index in [1.165, 1.54) is 12.1 Å². The van der Waals surface area contributed by atoms with Crippen LogP contribution in [0.25, 0.3) is 0 Å². The predicted octanol–water partition coefficient (Wildman–Crippen LogP) is 0.727. The molecule has 0 heterocycles. The Morgan fingerprint density at radius 1 is 1.27 bits per heavy atom. The van der Waals surface area contributed by atoms with Gasteiger partial charge in [-0.3, -0.25) is 0 Å². The van der Waals surface area contributed by atoms with E-state index in [0.717, 1.165) is 7.11 Å². The smallest absolute Gasteiger partial charge is 0.340 e. The van der Waals surface area contributed by atoms with Crippen LogP contribution in [0.1, 0.15) is 0 Å². The number of esters is 1. The molecule has 0 spiro atoms. The van der Waals surface area contributed by atoms with E-state index in [1.807, 2.05) is 0 Å². The van der Waals surface area contributed by atoms with E-state index in [0.29, 0.717) is 6.61 Å². The standard InChI is InChI=1S/C9H9O5S/c1-13-9(10)7-14-15(11,12)8-5-3-2-4-6-8/h2-7H,1H3. The Hall–Kier alpha value is -1.40. The lowest BCUT2D eigenvalue weighted by atomic mass is 10.4. The third-order valence-corrected chi connectivity index (χ3v) is 2.70. The molecule has 0 fully saturated rings. The largest absolute Gasteiger partial charge is 0.467 e. The molecular weight excluding hydrogens is 220 g/mol. The van der Waals surface area contributed by atoms with Crippen molar-refractivity contribution in [3.05, 3.63) is 36.9 Å². The highest BCUT2D eigenvalue weighted by atomic mass is 32.2. The molecule has 0 unspecified atom stereocenters. The van der Waals surface area contributed by atoms with E-state index < -0.39 is 16.1 Å². The Morgan fingerprint density at radius 3 is 2.40 bits per heavy atom. The highest BCUT2D eigenvalue weighted by Gasteiger charge is 2.17. The fraction of sp³-hybridized carbons (Fsp3) is 0.111. The topological polar surface area (TPSA) is 69.7 Å². The van der Waals surface area contributed by atoms with Gasteiger partial charge in [0.2, 0.25) is 6.61 Å². The predicted molar refractivity (Wildman–Crippen MR) is 51.0 cm³/mol. The van der Waals surface area contributed by atoms with E-state index in [9.17, 15) is 13.2 Å². The van der Waals surface area contributed by atoms with Crippen molar-refractivity contribution < 1.29 is 22.1 Å².